The third-order valence-electron chi connectivity index (χ3n) is 2.87. The van der Waals surface area contributed by atoms with Gasteiger partial charge in [0.2, 0.25) is 0 Å². The van der Waals surface area contributed by atoms with E-state index in [1.165, 1.54) is 13.8 Å². The van der Waals surface area contributed by atoms with E-state index in [1.807, 2.05) is 6.07 Å². The number of carbonyl (C=O) groups excluding carboxylic acids is 2. The van der Waals surface area contributed by atoms with Crippen LogP contribution in [0.3, 0.4) is 0 Å². The van der Waals surface area contributed by atoms with Crippen molar-refractivity contribution in [2.75, 3.05) is 5.23 Å². The molecule has 5 nitrogen and oxygen atoms in total. The monoisotopic (exact) mass is 264 g/mol. The van der Waals surface area contributed by atoms with Gasteiger partial charge in [0.15, 0.2) is 0 Å². The van der Waals surface area contributed by atoms with Crippen molar-refractivity contribution in [3.8, 4) is 0 Å². The number of benzene rings is 1. The quantitative estimate of drug-likeness (QED) is 0.765. The van der Waals surface area contributed by atoms with Crippen LogP contribution in [0, 0.1) is 5.21 Å². The number of hydrogen-bond acceptors (Lipinski definition) is 5. The second kappa shape index (κ2) is 7.01. The summed E-state index contributed by atoms with van der Waals surface area (Å²) < 4.78 is 0. The summed E-state index contributed by atoms with van der Waals surface area (Å²) in [5.74, 6) is 0.104. The van der Waals surface area contributed by atoms with Crippen molar-refractivity contribution >= 4 is 17.3 Å². The minimum atomic E-state index is -0.188. The minimum Gasteiger partial charge on any atom is -0.733 e. The van der Waals surface area contributed by atoms with Crippen LogP contribution in [0.1, 0.15) is 37.8 Å². The van der Waals surface area contributed by atoms with Gasteiger partial charge < -0.3 is 20.0 Å². The molecule has 0 aromatic heterocycles. The Balaban J connectivity index is 2.87. The van der Waals surface area contributed by atoms with Gasteiger partial charge in [-0.1, -0.05) is 12.1 Å². The van der Waals surface area contributed by atoms with Crippen LogP contribution < -0.4 is 5.23 Å². The van der Waals surface area contributed by atoms with E-state index in [0.717, 1.165) is 5.56 Å². The van der Waals surface area contributed by atoms with Crippen LogP contribution in [0.5, 0.6) is 0 Å². The van der Waals surface area contributed by atoms with Crippen molar-refractivity contribution in [2.24, 2.45) is 0 Å². The zero-order chi connectivity index (χ0) is 14.4. The lowest BCUT2D eigenvalue weighted by atomic mass is 10.0. The summed E-state index contributed by atoms with van der Waals surface area (Å²) in [6.07, 6.45) is 1.67. The smallest absolute Gasteiger partial charge is 0.130 e. The molecular weight excluding hydrogens is 246 g/mol. The molecule has 0 fully saturated rings. The van der Waals surface area contributed by atoms with Crippen molar-refractivity contribution in [1.29, 1.82) is 0 Å². The molecule has 0 aliphatic rings. The van der Waals surface area contributed by atoms with Crippen LogP contribution in [0.15, 0.2) is 18.2 Å². The zero-order valence-electron chi connectivity index (χ0n) is 11.2. The molecule has 0 aliphatic heterocycles. The van der Waals surface area contributed by atoms with Crippen LogP contribution in [-0.2, 0) is 22.4 Å². The van der Waals surface area contributed by atoms with Gasteiger partial charge >= 0.3 is 0 Å². The average molecular weight is 264 g/mol. The molecule has 0 spiro atoms. The Morgan fingerprint density at radius 3 is 2.26 bits per heavy atom. The molecule has 104 valence electrons. The summed E-state index contributed by atoms with van der Waals surface area (Å²) in [4.78, 5) is 21.9. The Kier molecular flexibility index (Phi) is 5.66. The van der Waals surface area contributed by atoms with Gasteiger partial charge in [-0.2, -0.15) is 0 Å². The van der Waals surface area contributed by atoms with Crippen LogP contribution >= 0.6 is 0 Å². The third-order valence-corrected chi connectivity index (χ3v) is 2.87. The zero-order valence-corrected chi connectivity index (χ0v) is 11.2. The first-order valence-corrected chi connectivity index (χ1v) is 6.17. The van der Waals surface area contributed by atoms with Crippen molar-refractivity contribution in [2.45, 2.75) is 39.5 Å². The summed E-state index contributed by atoms with van der Waals surface area (Å²) in [6, 6.07) is 5.09. The highest BCUT2D eigenvalue weighted by atomic mass is 16.8. The first kappa shape index (κ1) is 15.3. The molecule has 1 N–H and O–H groups in total. The van der Waals surface area contributed by atoms with E-state index in [9.17, 15) is 14.8 Å². The number of hydrogen-bond donors (Lipinski definition) is 1. The number of ketones is 2. The molecule has 1 aromatic rings. The molecule has 0 bridgehead atoms. The van der Waals surface area contributed by atoms with E-state index in [-0.39, 0.29) is 22.5 Å². The summed E-state index contributed by atoms with van der Waals surface area (Å²) in [7, 11) is 0. The lowest BCUT2D eigenvalue weighted by Gasteiger charge is -2.25. The Hall–Kier alpha value is -1.72. The van der Waals surface area contributed by atoms with E-state index < -0.39 is 0 Å². The maximum atomic E-state index is 11.1. The summed E-state index contributed by atoms with van der Waals surface area (Å²) in [6.45, 7) is 2.99. The maximum absolute atomic E-state index is 11.1. The molecule has 0 saturated heterocycles. The molecule has 0 atom stereocenters. The number of carbonyl (C=O) groups is 2. The van der Waals surface area contributed by atoms with Gasteiger partial charge in [-0.3, -0.25) is 5.21 Å². The number of Topliss-reactive ketones (excluding diaryl/α,β-unsaturated/α-hetero) is 2. The molecule has 5 heteroatoms. The van der Waals surface area contributed by atoms with Gasteiger partial charge in [-0.15, -0.1) is 0 Å². The SMILES string of the molecule is CC(=O)CCc1ccc(CCC(C)=O)c(N([O-])O)c1. The second-order valence-corrected chi connectivity index (χ2v) is 4.64. The fourth-order valence-electron chi connectivity index (χ4n) is 1.79. The van der Waals surface area contributed by atoms with E-state index in [0.29, 0.717) is 31.2 Å². The number of aryl methyl sites for hydroxylation is 2. The Morgan fingerprint density at radius 1 is 1.16 bits per heavy atom. The predicted octanol–water partition coefficient (Wildman–Crippen LogP) is 2.42. The van der Waals surface area contributed by atoms with Gasteiger partial charge in [0.05, 0.1) is 5.69 Å². The first-order valence-electron chi connectivity index (χ1n) is 6.17. The predicted molar refractivity (Wildman–Crippen MR) is 72.1 cm³/mol. The number of rotatable bonds is 7. The lowest BCUT2D eigenvalue weighted by molar-refractivity contribution is -0.117. The van der Waals surface area contributed by atoms with Crippen molar-refractivity contribution in [1.82, 2.24) is 0 Å². The highest BCUT2D eigenvalue weighted by Crippen LogP contribution is 2.23. The van der Waals surface area contributed by atoms with Gasteiger partial charge in [-0.25, -0.2) is 0 Å². The van der Waals surface area contributed by atoms with Gasteiger partial charge in [0.1, 0.15) is 11.6 Å². The van der Waals surface area contributed by atoms with E-state index in [4.69, 9.17) is 5.21 Å². The second-order valence-electron chi connectivity index (χ2n) is 4.64. The molecule has 1 rings (SSSR count). The summed E-state index contributed by atoms with van der Waals surface area (Å²) >= 11 is 0. The molecule has 0 heterocycles. The first-order chi connectivity index (χ1) is 8.90. The largest absolute Gasteiger partial charge is 0.733 e. The highest BCUT2D eigenvalue weighted by Gasteiger charge is 2.07. The Bertz CT molecular complexity index is 469. The van der Waals surface area contributed by atoms with E-state index in [2.05, 4.69) is 0 Å². The molecule has 0 unspecified atom stereocenters. The molecule has 0 amide bonds. The third kappa shape index (κ3) is 5.19. The lowest BCUT2D eigenvalue weighted by Crippen LogP contribution is -2.11. The Labute approximate surface area is 112 Å². The van der Waals surface area contributed by atoms with Crippen LogP contribution in [-0.4, -0.2) is 16.8 Å². The normalized spacial score (nSPS) is 10.3. The molecule has 1 aromatic carbocycles. The van der Waals surface area contributed by atoms with E-state index in [1.54, 1.807) is 12.1 Å². The molecule has 0 aliphatic carbocycles. The van der Waals surface area contributed by atoms with Crippen LogP contribution in [0.25, 0.3) is 0 Å². The molecule has 0 radical (unpaired) electrons. The average Bonchev–Trinajstić information content (AvgIpc) is 2.33. The minimum absolute atomic E-state index is 0.0296. The molecule has 19 heavy (non-hydrogen) atoms. The highest BCUT2D eigenvalue weighted by molar-refractivity contribution is 5.76. The number of nitrogens with zero attached hydrogens (tertiary/aromatic N) is 1. The van der Waals surface area contributed by atoms with E-state index >= 15 is 0 Å². The topological polar surface area (TPSA) is 80.7 Å². The van der Waals surface area contributed by atoms with Crippen LogP contribution in [0.4, 0.5) is 5.69 Å². The van der Waals surface area contributed by atoms with Gasteiger partial charge in [-0.05, 0) is 43.9 Å². The van der Waals surface area contributed by atoms with Gasteiger partial charge in [0, 0.05) is 12.8 Å². The van der Waals surface area contributed by atoms with Gasteiger partial charge in [0.25, 0.3) is 0 Å². The van der Waals surface area contributed by atoms with Crippen molar-refractivity contribution in [3.63, 3.8) is 0 Å². The molecule has 0 saturated carbocycles. The maximum Gasteiger partial charge on any atom is 0.130 e. The van der Waals surface area contributed by atoms with Crippen LogP contribution in [0.2, 0.25) is 0 Å². The van der Waals surface area contributed by atoms with Crippen molar-refractivity contribution < 1.29 is 14.8 Å². The fraction of sp³-hybridized carbons (Fsp3) is 0.429. The standard InChI is InChI=1S/C14H18NO4/c1-10(16)3-5-12-6-8-13(7-4-11(2)17)14(9-12)15(18)19/h6,8-9,18H,3-5,7H2,1-2H3/q-1. The fourth-order valence-corrected chi connectivity index (χ4v) is 1.79. The summed E-state index contributed by atoms with van der Waals surface area (Å²) in [5.41, 5.74) is 1.58. The molecular formula is C14H18NO4-. The number of anilines is 1. The Morgan fingerprint density at radius 2 is 1.74 bits per heavy atom. The summed E-state index contributed by atoms with van der Waals surface area (Å²) in [5, 5.41) is 20.0. The van der Waals surface area contributed by atoms with Crippen molar-refractivity contribution in [3.05, 3.63) is 34.5 Å².